The zero-order valence-corrected chi connectivity index (χ0v) is 17.5. The summed E-state index contributed by atoms with van der Waals surface area (Å²) in [5.41, 5.74) is 0.514. The van der Waals surface area contributed by atoms with Crippen molar-refractivity contribution in [3.8, 4) is 5.75 Å². The molecule has 2 aromatic rings. The fourth-order valence-corrected chi connectivity index (χ4v) is 5.54. The quantitative estimate of drug-likeness (QED) is 0.598. The van der Waals surface area contributed by atoms with Crippen LogP contribution in [0.2, 0.25) is 0 Å². The molecule has 0 spiro atoms. The average molecular weight is 424 g/mol. The first-order valence-electron chi connectivity index (χ1n) is 9.38. The molecule has 152 valence electrons. The van der Waals surface area contributed by atoms with E-state index in [-0.39, 0.29) is 16.8 Å². The van der Waals surface area contributed by atoms with E-state index in [0.717, 1.165) is 12.8 Å². The molecular weight excluding hydrogens is 398 g/mol. The molecule has 1 aliphatic carbocycles. The third-order valence-corrected chi connectivity index (χ3v) is 8.03. The molecule has 0 atom stereocenters. The van der Waals surface area contributed by atoms with Crippen LogP contribution in [0.1, 0.15) is 32.1 Å². The Morgan fingerprint density at radius 2 is 1.86 bits per heavy atom. The largest absolute Gasteiger partial charge is 0.482 e. The van der Waals surface area contributed by atoms with Gasteiger partial charge in [-0.25, -0.2) is 13.2 Å². The molecule has 1 aromatic heterocycles. The van der Waals surface area contributed by atoms with Gasteiger partial charge in [0.1, 0.15) is 9.96 Å². The number of thiophene rings is 1. The normalized spacial score (nSPS) is 15.2. The fraction of sp³-hybridized carbons (Fsp3) is 0.450. The highest BCUT2D eigenvalue weighted by molar-refractivity contribution is 7.94. The number of ether oxygens (including phenoxy) is 2. The smallest absolute Gasteiger partial charge is 0.344 e. The van der Waals surface area contributed by atoms with Crippen molar-refractivity contribution in [1.82, 2.24) is 0 Å². The minimum Gasteiger partial charge on any atom is -0.482 e. The molecule has 1 fully saturated rings. The number of sulfonamides is 1. The number of hydrogen-bond donors (Lipinski definition) is 0. The number of hydrogen-bond acceptors (Lipinski definition) is 6. The van der Waals surface area contributed by atoms with Gasteiger partial charge in [-0.05, 0) is 54.5 Å². The summed E-state index contributed by atoms with van der Waals surface area (Å²) >= 11 is 1.18. The van der Waals surface area contributed by atoms with Crippen LogP contribution in [-0.2, 0) is 19.6 Å². The lowest BCUT2D eigenvalue weighted by molar-refractivity contribution is -0.147. The van der Waals surface area contributed by atoms with Crippen molar-refractivity contribution in [2.45, 2.75) is 36.3 Å². The Morgan fingerprint density at radius 3 is 2.50 bits per heavy atom. The van der Waals surface area contributed by atoms with Gasteiger partial charge in [-0.2, -0.15) is 0 Å². The van der Waals surface area contributed by atoms with Crippen molar-refractivity contribution in [3.05, 3.63) is 41.8 Å². The van der Waals surface area contributed by atoms with Crippen molar-refractivity contribution in [3.63, 3.8) is 0 Å². The molecule has 0 aliphatic heterocycles. The zero-order valence-electron chi connectivity index (χ0n) is 15.9. The molecule has 0 amide bonds. The van der Waals surface area contributed by atoms with Gasteiger partial charge < -0.3 is 9.47 Å². The number of carbonyl (C=O) groups excluding carboxylic acids is 1. The standard InChI is InChI=1S/C20H25NO5S2/c1-21(28(23,24)20-8-5-13-27-20)17-9-11-18(12-10-17)25-15-19(22)26-14-16-6-3-2-4-7-16/h5,8-13,16H,2-4,6-7,14-15H2,1H3. The van der Waals surface area contributed by atoms with Gasteiger partial charge in [0, 0.05) is 7.05 Å². The predicted molar refractivity (Wildman–Crippen MR) is 109 cm³/mol. The highest BCUT2D eigenvalue weighted by Gasteiger charge is 2.22. The summed E-state index contributed by atoms with van der Waals surface area (Å²) in [6.07, 6.45) is 5.94. The van der Waals surface area contributed by atoms with Gasteiger partial charge in [0.25, 0.3) is 10.0 Å². The molecule has 3 rings (SSSR count). The minimum absolute atomic E-state index is 0.157. The molecule has 0 radical (unpaired) electrons. The summed E-state index contributed by atoms with van der Waals surface area (Å²) in [5, 5.41) is 1.73. The molecule has 8 heteroatoms. The molecule has 6 nitrogen and oxygen atoms in total. The summed E-state index contributed by atoms with van der Waals surface area (Å²) < 4.78 is 37.4. The lowest BCUT2D eigenvalue weighted by Crippen LogP contribution is -2.25. The van der Waals surface area contributed by atoms with E-state index in [2.05, 4.69) is 0 Å². The second-order valence-electron chi connectivity index (χ2n) is 6.87. The maximum Gasteiger partial charge on any atom is 0.344 e. The molecule has 0 saturated heterocycles. The second-order valence-corrected chi connectivity index (χ2v) is 10.0. The Labute approximate surface area is 170 Å². The predicted octanol–water partition coefficient (Wildman–Crippen LogP) is 4.08. The van der Waals surface area contributed by atoms with Crippen LogP contribution in [0.15, 0.2) is 46.0 Å². The fourth-order valence-electron chi connectivity index (χ4n) is 3.18. The molecule has 28 heavy (non-hydrogen) atoms. The second kappa shape index (κ2) is 9.43. The summed E-state index contributed by atoms with van der Waals surface area (Å²) in [7, 11) is -2.06. The van der Waals surface area contributed by atoms with Crippen LogP contribution in [0.5, 0.6) is 5.75 Å². The number of anilines is 1. The summed E-state index contributed by atoms with van der Waals surface area (Å²) in [6.45, 7) is 0.307. The Hall–Kier alpha value is -2.06. The Kier molecular flexibility index (Phi) is 6.96. The van der Waals surface area contributed by atoms with Crippen LogP contribution >= 0.6 is 11.3 Å². The van der Waals surface area contributed by atoms with Crippen molar-refractivity contribution >= 4 is 33.0 Å². The van der Waals surface area contributed by atoms with Crippen LogP contribution in [0.25, 0.3) is 0 Å². The van der Waals surface area contributed by atoms with Gasteiger partial charge in [-0.15, -0.1) is 11.3 Å². The first kappa shape index (κ1) is 20.7. The van der Waals surface area contributed by atoms with E-state index in [4.69, 9.17) is 9.47 Å². The Balaban J connectivity index is 1.49. The number of benzene rings is 1. The number of nitrogens with zero attached hydrogens (tertiary/aromatic N) is 1. The molecule has 0 bridgehead atoms. The Morgan fingerprint density at radius 1 is 1.14 bits per heavy atom. The number of rotatable bonds is 8. The lowest BCUT2D eigenvalue weighted by Gasteiger charge is -2.21. The van der Waals surface area contributed by atoms with Crippen LogP contribution in [0.3, 0.4) is 0 Å². The maximum atomic E-state index is 12.5. The SMILES string of the molecule is CN(c1ccc(OCC(=O)OCC2CCCCC2)cc1)S(=O)(=O)c1cccs1. The highest BCUT2D eigenvalue weighted by Crippen LogP contribution is 2.27. The van der Waals surface area contributed by atoms with Crippen molar-refractivity contribution in [2.24, 2.45) is 5.92 Å². The van der Waals surface area contributed by atoms with Gasteiger partial charge in [0.05, 0.1) is 12.3 Å². The topological polar surface area (TPSA) is 72.9 Å². The van der Waals surface area contributed by atoms with E-state index in [1.54, 1.807) is 41.8 Å². The van der Waals surface area contributed by atoms with Gasteiger partial charge in [0.15, 0.2) is 6.61 Å². The van der Waals surface area contributed by atoms with E-state index < -0.39 is 10.0 Å². The zero-order chi connectivity index (χ0) is 20.0. The first-order chi connectivity index (χ1) is 13.5. The molecule has 0 N–H and O–H groups in total. The van der Waals surface area contributed by atoms with Crippen LogP contribution in [-0.4, -0.2) is 34.6 Å². The molecule has 1 aliphatic rings. The van der Waals surface area contributed by atoms with Gasteiger partial charge in [-0.1, -0.05) is 25.3 Å². The first-order valence-corrected chi connectivity index (χ1v) is 11.7. The summed E-state index contributed by atoms with van der Waals surface area (Å²) in [4.78, 5) is 11.9. The molecule has 1 aromatic carbocycles. The number of carbonyl (C=O) groups is 1. The van der Waals surface area contributed by atoms with E-state index in [9.17, 15) is 13.2 Å². The van der Waals surface area contributed by atoms with E-state index in [1.165, 1.54) is 42.0 Å². The van der Waals surface area contributed by atoms with Gasteiger partial charge in [-0.3, -0.25) is 4.31 Å². The maximum absolute atomic E-state index is 12.5. The summed E-state index contributed by atoms with van der Waals surface area (Å²) in [6, 6.07) is 9.86. The third-order valence-electron chi connectivity index (χ3n) is 4.87. The number of esters is 1. The van der Waals surface area contributed by atoms with E-state index in [1.807, 2.05) is 0 Å². The minimum atomic E-state index is -3.57. The third kappa shape index (κ3) is 5.26. The van der Waals surface area contributed by atoms with E-state index >= 15 is 0 Å². The Bertz CT molecular complexity index is 857. The molecule has 1 heterocycles. The molecule has 0 unspecified atom stereocenters. The monoisotopic (exact) mass is 423 g/mol. The lowest BCUT2D eigenvalue weighted by atomic mass is 9.90. The van der Waals surface area contributed by atoms with Gasteiger partial charge >= 0.3 is 5.97 Å². The van der Waals surface area contributed by atoms with Crippen molar-refractivity contribution in [1.29, 1.82) is 0 Å². The van der Waals surface area contributed by atoms with Crippen LogP contribution in [0, 0.1) is 5.92 Å². The van der Waals surface area contributed by atoms with Crippen molar-refractivity contribution in [2.75, 3.05) is 24.6 Å². The molecule has 1 saturated carbocycles. The highest BCUT2D eigenvalue weighted by atomic mass is 32.2. The summed E-state index contributed by atoms with van der Waals surface area (Å²) in [5.74, 6) is 0.574. The van der Waals surface area contributed by atoms with Gasteiger partial charge in [0.2, 0.25) is 0 Å². The van der Waals surface area contributed by atoms with E-state index in [0.29, 0.717) is 24.0 Å². The van der Waals surface area contributed by atoms with Crippen LogP contribution in [0.4, 0.5) is 5.69 Å². The van der Waals surface area contributed by atoms with Crippen molar-refractivity contribution < 1.29 is 22.7 Å². The molecular formula is C20H25NO5S2. The van der Waals surface area contributed by atoms with Crippen LogP contribution < -0.4 is 9.04 Å². The average Bonchev–Trinajstić information content (AvgIpc) is 3.27.